The van der Waals surface area contributed by atoms with Crippen LogP contribution in [0.15, 0.2) is 36.7 Å². The van der Waals surface area contributed by atoms with Crippen LogP contribution in [0, 0.1) is 21.4 Å². The van der Waals surface area contributed by atoms with Crippen LogP contribution in [0.5, 0.6) is 0 Å². The van der Waals surface area contributed by atoms with Crippen LogP contribution in [-0.2, 0) is 10.2 Å². The predicted molar refractivity (Wildman–Crippen MR) is 86.9 cm³/mol. The molecule has 0 radical (unpaired) electrons. The number of nitrogens with one attached hydrogen (secondary N) is 2. The van der Waals surface area contributed by atoms with Gasteiger partial charge in [0.05, 0.1) is 16.6 Å². The van der Waals surface area contributed by atoms with Crippen molar-refractivity contribution >= 4 is 28.9 Å². The highest BCUT2D eigenvalue weighted by Gasteiger charge is 2.45. The second-order valence-corrected chi connectivity index (χ2v) is 5.56. The Balaban J connectivity index is 2.06. The lowest BCUT2D eigenvalue weighted by Gasteiger charge is -2.12. The maximum Gasteiger partial charge on any atom is 0.293 e. The highest BCUT2D eigenvalue weighted by Crippen LogP contribution is 2.42. The normalized spacial score (nSPS) is 18.0. The summed E-state index contributed by atoms with van der Waals surface area (Å²) in [5.41, 5.74) is -1.34. The smallest absolute Gasteiger partial charge is 0.293 e. The number of benzene rings is 1. The molecule has 0 fully saturated rings. The second kappa shape index (κ2) is 5.68. The van der Waals surface area contributed by atoms with Crippen molar-refractivity contribution in [3.63, 3.8) is 0 Å². The molecule has 1 aliphatic rings. The topological polar surface area (TPSA) is 138 Å². The van der Waals surface area contributed by atoms with Crippen LogP contribution in [-0.4, -0.2) is 21.7 Å². The molecule has 0 spiro atoms. The van der Waals surface area contributed by atoms with Gasteiger partial charge in [-0.05, 0) is 25.1 Å². The van der Waals surface area contributed by atoms with Crippen molar-refractivity contribution in [2.24, 2.45) is 0 Å². The monoisotopic (exact) mass is 337 g/mol. The Hall–Kier alpha value is -3.80. The number of nitro groups is 1. The van der Waals surface area contributed by atoms with Crippen LogP contribution in [0.3, 0.4) is 0 Å². The van der Waals surface area contributed by atoms with Gasteiger partial charge < -0.3 is 10.6 Å². The lowest BCUT2D eigenvalue weighted by molar-refractivity contribution is -0.384. The molecule has 9 nitrogen and oxygen atoms in total. The Morgan fingerprint density at radius 2 is 2.24 bits per heavy atom. The molecule has 124 valence electrons. The van der Waals surface area contributed by atoms with Gasteiger partial charge in [0, 0.05) is 29.7 Å². The number of rotatable bonds is 3. The van der Waals surface area contributed by atoms with E-state index in [0.29, 0.717) is 0 Å². The molecule has 25 heavy (non-hydrogen) atoms. The van der Waals surface area contributed by atoms with E-state index >= 15 is 0 Å². The Bertz CT molecular complexity index is 951. The summed E-state index contributed by atoms with van der Waals surface area (Å²) in [5, 5.41) is 25.6. The number of nitro benzene ring substituents is 1. The predicted octanol–water partition coefficient (Wildman–Crippen LogP) is 1.98. The van der Waals surface area contributed by atoms with Crippen molar-refractivity contribution in [3.8, 4) is 6.07 Å². The number of nitriles is 1. The third-order valence-electron chi connectivity index (χ3n) is 3.97. The molecule has 1 unspecified atom stereocenters. The summed E-state index contributed by atoms with van der Waals surface area (Å²) < 4.78 is 0. The Labute approximate surface area is 141 Å². The van der Waals surface area contributed by atoms with Gasteiger partial charge in [0.2, 0.25) is 5.91 Å². The molecule has 2 aromatic rings. The van der Waals surface area contributed by atoms with Gasteiger partial charge in [-0.2, -0.15) is 5.26 Å². The van der Waals surface area contributed by atoms with Crippen LogP contribution >= 0.6 is 0 Å². The highest BCUT2D eigenvalue weighted by molar-refractivity contribution is 6.10. The van der Waals surface area contributed by atoms with Crippen molar-refractivity contribution in [3.05, 3.63) is 57.9 Å². The molecule has 1 aromatic heterocycles. The third kappa shape index (κ3) is 2.55. The van der Waals surface area contributed by atoms with Crippen LogP contribution < -0.4 is 10.6 Å². The Morgan fingerprint density at radius 3 is 2.84 bits per heavy atom. The van der Waals surface area contributed by atoms with E-state index in [1.807, 2.05) is 6.07 Å². The number of fused-ring (bicyclic) bond motifs is 1. The molecule has 9 heteroatoms. The molecule has 1 atom stereocenters. The standard InChI is InChI=1S/C16H11N5O4/c1-16(8-17)10-5-13(21(24)25)12(6-11(10)20-15(16)23)19-14(22)9-3-2-4-18-7-9/h2-7H,1H3,(H,19,22)(H,20,23). The zero-order valence-corrected chi connectivity index (χ0v) is 12.9. The maximum absolute atomic E-state index is 12.2. The van der Waals surface area contributed by atoms with Crippen molar-refractivity contribution in [2.45, 2.75) is 12.3 Å². The number of anilines is 2. The van der Waals surface area contributed by atoms with Crippen molar-refractivity contribution < 1.29 is 14.5 Å². The number of carbonyl (C=O) groups is 2. The first-order valence-electron chi connectivity index (χ1n) is 7.14. The van der Waals surface area contributed by atoms with E-state index in [4.69, 9.17) is 0 Å². The first kappa shape index (κ1) is 16.1. The van der Waals surface area contributed by atoms with E-state index in [-0.39, 0.29) is 22.5 Å². The van der Waals surface area contributed by atoms with Crippen LogP contribution in [0.1, 0.15) is 22.8 Å². The summed E-state index contributed by atoms with van der Waals surface area (Å²) >= 11 is 0. The van der Waals surface area contributed by atoms with E-state index in [1.165, 1.54) is 31.5 Å². The van der Waals surface area contributed by atoms with Crippen LogP contribution in [0.25, 0.3) is 0 Å². The summed E-state index contributed by atoms with van der Waals surface area (Å²) in [6.45, 7) is 1.38. The average molecular weight is 337 g/mol. The van der Waals surface area contributed by atoms with Gasteiger partial charge in [0.1, 0.15) is 5.69 Å². The minimum Gasteiger partial charge on any atom is -0.324 e. The van der Waals surface area contributed by atoms with Gasteiger partial charge >= 0.3 is 0 Å². The summed E-state index contributed by atoms with van der Waals surface area (Å²) in [7, 11) is 0. The number of nitrogens with zero attached hydrogens (tertiary/aromatic N) is 3. The number of pyridine rings is 1. The van der Waals surface area contributed by atoms with Gasteiger partial charge in [-0.1, -0.05) is 0 Å². The Kier molecular flexibility index (Phi) is 3.65. The fraction of sp³-hybridized carbons (Fsp3) is 0.125. The van der Waals surface area contributed by atoms with E-state index < -0.39 is 27.8 Å². The zero-order valence-electron chi connectivity index (χ0n) is 12.9. The zero-order chi connectivity index (χ0) is 18.2. The minimum absolute atomic E-state index is 0.0832. The van der Waals surface area contributed by atoms with Gasteiger partial charge in [-0.15, -0.1) is 0 Å². The summed E-state index contributed by atoms with van der Waals surface area (Å²) in [5.74, 6) is -1.15. The van der Waals surface area contributed by atoms with Crippen LogP contribution in [0.4, 0.5) is 17.1 Å². The lowest BCUT2D eigenvalue weighted by atomic mass is 9.85. The molecule has 1 aromatic carbocycles. The molecule has 0 aliphatic carbocycles. The third-order valence-corrected chi connectivity index (χ3v) is 3.97. The first-order chi connectivity index (χ1) is 11.9. The summed E-state index contributed by atoms with van der Waals surface area (Å²) in [4.78, 5) is 38.8. The molecule has 0 bridgehead atoms. The molecule has 2 heterocycles. The quantitative estimate of drug-likeness (QED) is 0.648. The molecule has 0 saturated carbocycles. The number of carbonyl (C=O) groups excluding carboxylic acids is 2. The van der Waals surface area contributed by atoms with Gasteiger partial charge in [-0.3, -0.25) is 24.7 Å². The molecule has 0 saturated heterocycles. The largest absolute Gasteiger partial charge is 0.324 e. The van der Waals surface area contributed by atoms with Crippen LogP contribution in [0.2, 0.25) is 0 Å². The van der Waals surface area contributed by atoms with E-state index in [2.05, 4.69) is 15.6 Å². The summed E-state index contributed by atoms with van der Waals surface area (Å²) in [6, 6.07) is 7.35. The van der Waals surface area contributed by atoms with E-state index in [0.717, 1.165) is 6.07 Å². The fourth-order valence-electron chi connectivity index (χ4n) is 2.53. The van der Waals surface area contributed by atoms with Crippen molar-refractivity contribution in [1.82, 2.24) is 4.98 Å². The van der Waals surface area contributed by atoms with Crippen molar-refractivity contribution in [1.29, 1.82) is 5.26 Å². The number of amides is 2. The number of aromatic nitrogens is 1. The maximum atomic E-state index is 12.2. The number of hydrogen-bond donors (Lipinski definition) is 2. The lowest BCUT2D eigenvalue weighted by Crippen LogP contribution is -2.28. The van der Waals surface area contributed by atoms with E-state index in [1.54, 1.807) is 6.07 Å². The average Bonchev–Trinajstić information content (AvgIpc) is 2.85. The fourth-order valence-corrected chi connectivity index (χ4v) is 2.53. The minimum atomic E-state index is -1.52. The molecular formula is C16H11N5O4. The highest BCUT2D eigenvalue weighted by atomic mass is 16.6. The number of hydrogen-bond acceptors (Lipinski definition) is 6. The second-order valence-electron chi connectivity index (χ2n) is 5.56. The van der Waals surface area contributed by atoms with Gasteiger partial charge in [0.25, 0.3) is 11.6 Å². The molecule has 2 amide bonds. The first-order valence-corrected chi connectivity index (χ1v) is 7.14. The molecular weight excluding hydrogens is 326 g/mol. The molecule has 2 N–H and O–H groups in total. The summed E-state index contributed by atoms with van der Waals surface area (Å²) in [6.07, 6.45) is 2.82. The SMILES string of the molecule is CC1(C#N)C(=O)Nc2cc(NC(=O)c3cccnc3)c([N+](=O)[O-])cc21. The Morgan fingerprint density at radius 1 is 1.48 bits per heavy atom. The molecule has 3 rings (SSSR count). The van der Waals surface area contributed by atoms with Gasteiger partial charge in [0.15, 0.2) is 5.41 Å². The molecule has 1 aliphatic heterocycles. The van der Waals surface area contributed by atoms with E-state index in [9.17, 15) is 25.0 Å². The van der Waals surface area contributed by atoms with Gasteiger partial charge in [-0.25, -0.2) is 0 Å². The van der Waals surface area contributed by atoms with Crippen molar-refractivity contribution in [2.75, 3.05) is 10.6 Å².